The Kier molecular flexibility index (Phi) is 7.16. The van der Waals surface area contributed by atoms with E-state index in [1.54, 1.807) is 12.1 Å². The van der Waals surface area contributed by atoms with Crippen LogP contribution >= 0.6 is 11.6 Å². The molecule has 0 radical (unpaired) electrons. The van der Waals surface area contributed by atoms with Crippen LogP contribution in [0.25, 0.3) is 10.8 Å². The first-order valence-corrected chi connectivity index (χ1v) is 11.5. The molecule has 0 N–H and O–H groups in total. The van der Waals surface area contributed by atoms with Crippen molar-refractivity contribution < 1.29 is 8.78 Å². The summed E-state index contributed by atoms with van der Waals surface area (Å²) in [5.41, 5.74) is 4.95. The molecule has 0 amide bonds. The Morgan fingerprint density at radius 1 is 0.750 bits per heavy atom. The third-order valence-electron chi connectivity index (χ3n) is 5.86. The molecule has 4 aromatic rings. The lowest BCUT2D eigenvalue weighted by molar-refractivity contribution is 0.617. The normalized spacial score (nSPS) is 11.2. The van der Waals surface area contributed by atoms with Crippen molar-refractivity contribution in [1.82, 2.24) is 4.98 Å². The van der Waals surface area contributed by atoms with Gasteiger partial charge in [-0.25, -0.2) is 8.78 Å². The number of pyridine rings is 1. The topological polar surface area (TPSA) is 12.9 Å². The smallest absolute Gasteiger partial charge is 0.142 e. The number of hydrogen-bond donors (Lipinski definition) is 0. The van der Waals surface area contributed by atoms with E-state index in [4.69, 9.17) is 11.6 Å². The van der Waals surface area contributed by atoms with Crippen molar-refractivity contribution in [3.8, 4) is 0 Å². The summed E-state index contributed by atoms with van der Waals surface area (Å²) in [7, 11) is 0. The molecule has 0 saturated heterocycles. The van der Waals surface area contributed by atoms with E-state index in [-0.39, 0.29) is 10.8 Å². The molecule has 4 heteroatoms. The van der Waals surface area contributed by atoms with E-state index in [1.807, 2.05) is 30.5 Å². The van der Waals surface area contributed by atoms with Gasteiger partial charge in [0.1, 0.15) is 11.6 Å². The van der Waals surface area contributed by atoms with Crippen molar-refractivity contribution in [1.29, 1.82) is 0 Å². The fraction of sp³-hybridized carbons (Fsp3) is 0.250. The lowest BCUT2D eigenvalue weighted by Crippen LogP contribution is -1.98. The fourth-order valence-corrected chi connectivity index (χ4v) is 4.14. The van der Waals surface area contributed by atoms with Crippen molar-refractivity contribution >= 4 is 22.4 Å². The molecule has 0 aliphatic carbocycles. The van der Waals surface area contributed by atoms with Gasteiger partial charge in [0, 0.05) is 17.3 Å². The number of fused-ring (bicyclic) bond motifs is 1. The minimum atomic E-state index is -0.442. The van der Waals surface area contributed by atoms with Gasteiger partial charge < -0.3 is 0 Å². The number of hydrogen-bond acceptors (Lipinski definition) is 1. The Morgan fingerprint density at radius 2 is 1.50 bits per heavy atom. The van der Waals surface area contributed by atoms with Gasteiger partial charge in [0.2, 0.25) is 0 Å². The first-order chi connectivity index (χ1) is 15.5. The average molecular weight is 450 g/mol. The summed E-state index contributed by atoms with van der Waals surface area (Å²) in [4.78, 5) is 4.57. The summed E-state index contributed by atoms with van der Waals surface area (Å²) in [5, 5.41) is 1.62. The van der Waals surface area contributed by atoms with Crippen molar-refractivity contribution in [2.45, 2.75) is 45.4 Å². The highest BCUT2D eigenvalue weighted by Crippen LogP contribution is 2.25. The molecule has 0 atom stereocenters. The number of aromatic nitrogens is 1. The van der Waals surface area contributed by atoms with Crippen LogP contribution in [0.4, 0.5) is 8.78 Å². The van der Waals surface area contributed by atoms with Gasteiger partial charge in [-0.05, 0) is 77.9 Å². The predicted octanol–water partition coefficient (Wildman–Crippen LogP) is 7.69. The Balaban J connectivity index is 1.43. The molecule has 4 rings (SSSR count). The number of nitrogens with zero attached hydrogens (tertiary/aromatic N) is 1. The van der Waals surface area contributed by atoms with Crippen molar-refractivity contribution in [3.05, 3.63) is 111 Å². The standard InChI is InChI=1S/C28H26ClF2N/c1-2-3-21-6-13-24(32-18-21)12-5-19-7-14-25-23(16-19)11-10-22(28(25)31)9-4-20-8-15-26(29)27(30)17-20/h6-8,10-11,13-18H,2-5,9,12H2,1H3. The molecule has 32 heavy (non-hydrogen) atoms. The van der Waals surface area contributed by atoms with Gasteiger partial charge in [0.15, 0.2) is 0 Å². The lowest BCUT2D eigenvalue weighted by Gasteiger charge is -2.09. The molecule has 0 aliphatic heterocycles. The quantitative estimate of drug-likeness (QED) is 0.268. The third kappa shape index (κ3) is 5.34. The lowest BCUT2D eigenvalue weighted by atomic mass is 9.98. The Bertz CT molecular complexity index is 1220. The molecule has 0 fully saturated rings. The van der Waals surface area contributed by atoms with Gasteiger partial charge in [-0.1, -0.05) is 67.4 Å². The minimum absolute atomic E-state index is 0.103. The molecular formula is C28H26ClF2N. The van der Waals surface area contributed by atoms with Crippen LogP contribution in [0.2, 0.25) is 5.02 Å². The molecule has 0 saturated carbocycles. The average Bonchev–Trinajstić information content (AvgIpc) is 2.80. The van der Waals surface area contributed by atoms with Crippen molar-refractivity contribution in [3.63, 3.8) is 0 Å². The van der Waals surface area contributed by atoms with E-state index in [9.17, 15) is 4.39 Å². The highest BCUT2D eigenvalue weighted by Gasteiger charge is 2.10. The molecule has 1 aromatic heterocycles. The predicted molar refractivity (Wildman–Crippen MR) is 128 cm³/mol. The SMILES string of the molecule is CCCc1ccc(CCc2ccc3c(F)c(CCc4ccc(Cl)c(F)c4)ccc3c2)nc1. The van der Waals surface area contributed by atoms with Gasteiger partial charge in [-0.2, -0.15) is 0 Å². The second-order valence-electron chi connectivity index (χ2n) is 8.25. The molecule has 0 unspecified atom stereocenters. The van der Waals surface area contributed by atoms with E-state index < -0.39 is 5.82 Å². The highest BCUT2D eigenvalue weighted by molar-refractivity contribution is 6.30. The van der Waals surface area contributed by atoms with Crippen molar-refractivity contribution in [2.24, 2.45) is 0 Å². The molecule has 0 spiro atoms. The van der Waals surface area contributed by atoms with Crippen LogP contribution in [-0.4, -0.2) is 4.98 Å². The van der Waals surface area contributed by atoms with Crippen LogP contribution in [0.5, 0.6) is 0 Å². The van der Waals surface area contributed by atoms with Gasteiger partial charge in [-0.15, -0.1) is 0 Å². The highest BCUT2D eigenvalue weighted by atomic mass is 35.5. The minimum Gasteiger partial charge on any atom is -0.261 e. The third-order valence-corrected chi connectivity index (χ3v) is 6.17. The van der Waals surface area contributed by atoms with Gasteiger partial charge in [0.25, 0.3) is 0 Å². The summed E-state index contributed by atoms with van der Waals surface area (Å²) < 4.78 is 28.7. The van der Waals surface area contributed by atoms with Gasteiger partial charge in [-0.3, -0.25) is 4.98 Å². The molecular weight excluding hydrogens is 424 g/mol. The second-order valence-corrected chi connectivity index (χ2v) is 8.66. The van der Waals surface area contributed by atoms with E-state index in [0.717, 1.165) is 42.3 Å². The maximum Gasteiger partial charge on any atom is 0.142 e. The molecule has 1 nitrogen and oxygen atoms in total. The fourth-order valence-electron chi connectivity index (χ4n) is 4.02. The number of aryl methyl sites for hydroxylation is 5. The van der Waals surface area contributed by atoms with Gasteiger partial charge in [0.05, 0.1) is 5.02 Å². The summed E-state index contributed by atoms with van der Waals surface area (Å²) in [6.45, 7) is 2.17. The zero-order valence-electron chi connectivity index (χ0n) is 18.2. The Hall–Kier alpha value is -2.78. The van der Waals surface area contributed by atoms with Crippen LogP contribution in [0.3, 0.4) is 0 Å². The molecule has 3 aromatic carbocycles. The van der Waals surface area contributed by atoms with Crippen LogP contribution < -0.4 is 0 Å². The van der Waals surface area contributed by atoms with Crippen LogP contribution in [0, 0.1) is 11.6 Å². The molecule has 0 bridgehead atoms. The molecule has 0 aliphatic rings. The Labute approximate surface area is 193 Å². The van der Waals surface area contributed by atoms with E-state index in [2.05, 4.69) is 30.1 Å². The van der Waals surface area contributed by atoms with E-state index in [0.29, 0.717) is 23.8 Å². The maximum atomic E-state index is 15.1. The summed E-state index contributed by atoms with van der Waals surface area (Å²) in [6, 6.07) is 18.7. The van der Waals surface area contributed by atoms with Crippen molar-refractivity contribution in [2.75, 3.05) is 0 Å². The first kappa shape index (κ1) is 22.4. The number of halogens is 3. The number of benzene rings is 3. The van der Waals surface area contributed by atoms with E-state index >= 15 is 4.39 Å². The second kappa shape index (κ2) is 10.2. The zero-order chi connectivity index (χ0) is 22.5. The summed E-state index contributed by atoms with van der Waals surface area (Å²) in [5.74, 6) is -0.639. The summed E-state index contributed by atoms with van der Waals surface area (Å²) in [6.07, 6.45) is 6.92. The van der Waals surface area contributed by atoms with Crippen LogP contribution in [0.1, 0.15) is 41.3 Å². The largest absolute Gasteiger partial charge is 0.261 e. The zero-order valence-corrected chi connectivity index (χ0v) is 18.9. The number of rotatable bonds is 8. The van der Waals surface area contributed by atoms with Crippen LogP contribution in [-0.2, 0) is 32.1 Å². The molecule has 164 valence electrons. The van der Waals surface area contributed by atoms with Crippen LogP contribution in [0.15, 0.2) is 66.9 Å². The summed E-state index contributed by atoms with van der Waals surface area (Å²) >= 11 is 5.74. The Morgan fingerprint density at radius 3 is 2.25 bits per heavy atom. The molecule has 1 heterocycles. The first-order valence-electron chi connectivity index (χ1n) is 11.1. The maximum absolute atomic E-state index is 15.1. The monoisotopic (exact) mass is 449 g/mol. The van der Waals surface area contributed by atoms with E-state index in [1.165, 1.54) is 17.2 Å². The van der Waals surface area contributed by atoms with Gasteiger partial charge >= 0.3 is 0 Å².